The van der Waals surface area contributed by atoms with Crippen molar-refractivity contribution in [3.05, 3.63) is 63.2 Å². The second-order valence-corrected chi connectivity index (χ2v) is 4.67. The van der Waals surface area contributed by atoms with Gasteiger partial charge in [0.1, 0.15) is 17.1 Å². The number of aromatic hydroxyl groups is 2. The molecule has 0 unspecified atom stereocenters. The van der Waals surface area contributed by atoms with E-state index in [2.05, 4.69) is 10.5 Å². The topological polar surface area (TPSA) is 125 Å². The lowest BCUT2D eigenvalue weighted by molar-refractivity contribution is -0.385. The molecule has 0 aromatic heterocycles. The highest BCUT2D eigenvalue weighted by atomic mass is 16.6. The number of para-hydroxylation sites is 1. The Morgan fingerprint density at radius 2 is 2.00 bits per heavy atom. The van der Waals surface area contributed by atoms with E-state index in [1.165, 1.54) is 36.5 Å². The Bertz CT molecular complexity index is 778. The average Bonchev–Trinajstić information content (AvgIpc) is 2.49. The number of phenolic OH excluding ortho intramolecular Hbond substituents is 2. The molecule has 0 atom stereocenters. The maximum atomic E-state index is 12.0. The monoisotopic (exact) mass is 315 g/mol. The van der Waals surface area contributed by atoms with E-state index in [9.17, 15) is 25.1 Å². The molecule has 23 heavy (non-hydrogen) atoms. The van der Waals surface area contributed by atoms with E-state index >= 15 is 0 Å². The molecule has 0 spiro atoms. The molecule has 2 rings (SSSR count). The molecule has 0 aliphatic carbocycles. The molecule has 2 aromatic rings. The molecule has 1 amide bonds. The number of carbonyl (C=O) groups is 1. The van der Waals surface area contributed by atoms with Gasteiger partial charge in [-0.15, -0.1) is 0 Å². The number of hydrogen-bond donors (Lipinski definition) is 3. The molecule has 8 nitrogen and oxygen atoms in total. The van der Waals surface area contributed by atoms with E-state index in [0.717, 1.165) is 6.07 Å². The fraction of sp³-hybridized carbons (Fsp3) is 0.0667. The first-order chi connectivity index (χ1) is 10.9. The molecule has 0 saturated carbocycles. The molecule has 0 fully saturated rings. The maximum Gasteiger partial charge on any atom is 0.282 e. The fourth-order valence-electron chi connectivity index (χ4n) is 1.97. The zero-order chi connectivity index (χ0) is 17.0. The molecule has 118 valence electrons. The van der Waals surface area contributed by atoms with Gasteiger partial charge in [0.05, 0.1) is 11.1 Å². The Morgan fingerprint density at radius 3 is 2.65 bits per heavy atom. The number of carbonyl (C=O) groups excluding carboxylic acids is 1. The lowest BCUT2D eigenvalue weighted by Gasteiger charge is -2.05. The minimum absolute atomic E-state index is 0.0962. The van der Waals surface area contributed by atoms with Gasteiger partial charge in [-0.1, -0.05) is 12.1 Å². The lowest BCUT2D eigenvalue weighted by atomic mass is 10.1. The highest BCUT2D eigenvalue weighted by molar-refractivity contribution is 5.98. The van der Waals surface area contributed by atoms with Crippen molar-refractivity contribution in [2.45, 2.75) is 6.92 Å². The summed E-state index contributed by atoms with van der Waals surface area (Å²) in [6.45, 7) is 1.64. The molecule has 0 aliphatic heterocycles. The van der Waals surface area contributed by atoms with Gasteiger partial charge in [0.15, 0.2) is 0 Å². The minimum Gasteiger partial charge on any atom is -0.508 e. The number of nitro groups is 1. The second kappa shape index (κ2) is 6.56. The number of phenols is 2. The van der Waals surface area contributed by atoms with Crippen molar-refractivity contribution in [1.29, 1.82) is 0 Å². The van der Waals surface area contributed by atoms with Crippen molar-refractivity contribution < 1.29 is 19.9 Å². The smallest absolute Gasteiger partial charge is 0.282 e. The first-order valence-corrected chi connectivity index (χ1v) is 6.49. The number of benzene rings is 2. The van der Waals surface area contributed by atoms with Crippen molar-refractivity contribution in [1.82, 2.24) is 5.43 Å². The van der Waals surface area contributed by atoms with E-state index in [4.69, 9.17) is 0 Å². The van der Waals surface area contributed by atoms with Gasteiger partial charge in [-0.3, -0.25) is 14.9 Å². The van der Waals surface area contributed by atoms with Crippen LogP contribution in [0.3, 0.4) is 0 Å². The van der Waals surface area contributed by atoms with Gasteiger partial charge in [0.2, 0.25) is 0 Å². The van der Waals surface area contributed by atoms with Gasteiger partial charge in [-0.05, 0) is 24.6 Å². The van der Waals surface area contributed by atoms with Crippen molar-refractivity contribution in [3.63, 3.8) is 0 Å². The average molecular weight is 315 g/mol. The van der Waals surface area contributed by atoms with Crippen LogP contribution in [0.1, 0.15) is 21.5 Å². The predicted molar refractivity (Wildman–Crippen MR) is 82.7 cm³/mol. The van der Waals surface area contributed by atoms with Crippen molar-refractivity contribution in [2.24, 2.45) is 5.10 Å². The third kappa shape index (κ3) is 3.62. The highest BCUT2D eigenvalue weighted by Gasteiger charge is 2.18. The molecule has 0 bridgehead atoms. The van der Waals surface area contributed by atoms with Crippen LogP contribution in [0.5, 0.6) is 11.5 Å². The standard InChI is InChI=1S/C15H13N3O5/c1-9-6-10(19)7-14(20)12(9)8-16-17-15(21)11-4-2-3-5-13(11)18(22)23/h2-8,19-20H,1H3,(H,17,21)/b16-8-. The molecule has 0 heterocycles. The number of nitrogens with one attached hydrogen (secondary N) is 1. The van der Waals surface area contributed by atoms with Crippen LogP contribution in [0.15, 0.2) is 41.5 Å². The number of rotatable bonds is 4. The molecular weight excluding hydrogens is 302 g/mol. The van der Waals surface area contributed by atoms with E-state index in [1.54, 1.807) is 6.92 Å². The molecule has 0 saturated heterocycles. The fourth-order valence-corrected chi connectivity index (χ4v) is 1.97. The Balaban J connectivity index is 2.19. The molecule has 3 N–H and O–H groups in total. The summed E-state index contributed by atoms with van der Waals surface area (Å²) >= 11 is 0. The SMILES string of the molecule is Cc1cc(O)cc(O)c1/C=N\NC(=O)c1ccccc1[N+](=O)[O-]. The Morgan fingerprint density at radius 1 is 1.30 bits per heavy atom. The number of amides is 1. The van der Waals surface area contributed by atoms with Crippen LogP contribution in [-0.4, -0.2) is 27.3 Å². The van der Waals surface area contributed by atoms with Gasteiger partial charge in [0.25, 0.3) is 11.6 Å². The summed E-state index contributed by atoms with van der Waals surface area (Å²) in [5.74, 6) is -1.04. The first kappa shape index (κ1) is 16.0. The van der Waals surface area contributed by atoms with E-state index in [-0.39, 0.29) is 22.7 Å². The van der Waals surface area contributed by atoms with Gasteiger partial charge in [-0.2, -0.15) is 5.10 Å². The molecule has 2 aromatic carbocycles. The van der Waals surface area contributed by atoms with Crippen molar-refractivity contribution >= 4 is 17.8 Å². The summed E-state index contributed by atoms with van der Waals surface area (Å²) in [6.07, 6.45) is 1.19. The maximum absolute atomic E-state index is 12.0. The number of aryl methyl sites for hydroxylation is 1. The van der Waals surface area contributed by atoms with E-state index in [1.807, 2.05) is 0 Å². The Kier molecular flexibility index (Phi) is 4.55. The van der Waals surface area contributed by atoms with Crippen LogP contribution >= 0.6 is 0 Å². The molecule has 0 radical (unpaired) electrons. The predicted octanol–water partition coefficient (Wildman–Crippen LogP) is 2.08. The van der Waals surface area contributed by atoms with E-state index < -0.39 is 10.8 Å². The van der Waals surface area contributed by atoms with Gasteiger partial charge >= 0.3 is 0 Å². The van der Waals surface area contributed by atoms with Crippen LogP contribution in [0.2, 0.25) is 0 Å². The molecule has 0 aliphatic rings. The van der Waals surface area contributed by atoms with Crippen molar-refractivity contribution in [2.75, 3.05) is 0 Å². The second-order valence-electron chi connectivity index (χ2n) is 4.67. The Labute approximate surface area is 130 Å². The lowest BCUT2D eigenvalue weighted by Crippen LogP contribution is -2.19. The van der Waals surface area contributed by atoms with Crippen LogP contribution in [-0.2, 0) is 0 Å². The van der Waals surface area contributed by atoms with Crippen LogP contribution < -0.4 is 5.43 Å². The van der Waals surface area contributed by atoms with Crippen LogP contribution in [0.25, 0.3) is 0 Å². The summed E-state index contributed by atoms with van der Waals surface area (Å²) < 4.78 is 0. The van der Waals surface area contributed by atoms with Crippen LogP contribution in [0.4, 0.5) is 5.69 Å². The number of hydrazone groups is 1. The third-order valence-corrected chi connectivity index (χ3v) is 3.05. The summed E-state index contributed by atoms with van der Waals surface area (Å²) in [7, 11) is 0. The highest BCUT2D eigenvalue weighted by Crippen LogP contribution is 2.25. The zero-order valence-corrected chi connectivity index (χ0v) is 12.1. The van der Waals surface area contributed by atoms with Gasteiger partial charge in [0, 0.05) is 17.7 Å². The molecular formula is C15H13N3O5. The summed E-state index contributed by atoms with van der Waals surface area (Å²) in [4.78, 5) is 22.2. The van der Waals surface area contributed by atoms with Crippen molar-refractivity contribution in [3.8, 4) is 11.5 Å². The largest absolute Gasteiger partial charge is 0.508 e. The van der Waals surface area contributed by atoms with E-state index in [0.29, 0.717) is 11.1 Å². The summed E-state index contributed by atoms with van der Waals surface area (Å²) in [6, 6.07) is 8.04. The first-order valence-electron chi connectivity index (χ1n) is 6.49. The zero-order valence-electron chi connectivity index (χ0n) is 12.1. The minimum atomic E-state index is -0.746. The number of hydrogen-bond acceptors (Lipinski definition) is 6. The quantitative estimate of drug-likeness (QED) is 0.452. The van der Waals surface area contributed by atoms with Crippen LogP contribution in [0, 0.1) is 17.0 Å². The Hall–Kier alpha value is -3.42. The summed E-state index contributed by atoms with van der Waals surface area (Å²) in [5, 5.41) is 33.6. The molecule has 8 heteroatoms. The van der Waals surface area contributed by atoms with Gasteiger partial charge in [-0.25, -0.2) is 5.43 Å². The third-order valence-electron chi connectivity index (χ3n) is 3.05. The van der Waals surface area contributed by atoms with Gasteiger partial charge < -0.3 is 10.2 Å². The number of nitro benzene ring substituents is 1. The summed E-state index contributed by atoms with van der Waals surface area (Å²) in [5.41, 5.74) is 2.57. The number of nitrogens with zero attached hydrogens (tertiary/aromatic N) is 2. The normalized spacial score (nSPS) is 10.7.